The molecule has 0 aromatic heterocycles. The van der Waals surface area contributed by atoms with Crippen LogP contribution in [0, 0.1) is 5.92 Å². The minimum absolute atomic E-state index is 0.158. The number of piperidine rings is 1. The Kier molecular flexibility index (Phi) is 4.15. The van der Waals surface area contributed by atoms with Gasteiger partial charge in [0.2, 0.25) is 0 Å². The van der Waals surface area contributed by atoms with E-state index in [1.165, 1.54) is 17.5 Å². The number of likely N-dealkylation sites (tertiary alicyclic amines) is 1. The summed E-state index contributed by atoms with van der Waals surface area (Å²) < 4.78 is 5.37. The summed E-state index contributed by atoms with van der Waals surface area (Å²) in [6.07, 6.45) is 5.05. The molecule has 21 heavy (non-hydrogen) atoms. The molecule has 4 heteroatoms. The summed E-state index contributed by atoms with van der Waals surface area (Å²) in [5.41, 5.74) is 2.81. The van der Waals surface area contributed by atoms with Crippen LogP contribution in [0.2, 0.25) is 0 Å². The zero-order valence-corrected chi connectivity index (χ0v) is 12.5. The molecule has 1 atom stereocenters. The van der Waals surface area contributed by atoms with Crippen LogP contribution in [0.3, 0.4) is 0 Å². The molecule has 2 aliphatic rings. The third-order valence-corrected chi connectivity index (χ3v) is 4.96. The zero-order valence-electron chi connectivity index (χ0n) is 12.5. The largest absolute Gasteiger partial charge is 0.497 e. The second kappa shape index (κ2) is 6.06. The van der Waals surface area contributed by atoms with Crippen molar-refractivity contribution in [1.29, 1.82) is 0 Å². The van der Waals surface area contributed by atoms with Crippen molar-refractivity contribution < 1.29 is 14.6 Å². The van der Waals surface area contributed by atoms with Crippen molar-refractivity contribution in [2.75, 3.05) is 20.2 Å². The Morgan fingerprint density at radius 1 is 1.29 bits per heavy atom. The number of aryl methyl sites for hydroxylation is 1. The predicted octanol–water partition coefficient (Wildman–Crippen LogP) is 2.87. The number of carbonyl (C=O) groups is 1. The van der Waals surface area contributed by atoms with E-state index in [1.54, 1.807) is 7.11 Å². The number of benzene rings is 1. The maximum Gasteiger partial charge on any atom is 0.306 e. The first-order valence-corrected chi connectivity index (χ1v) is 7.82. The lowest BCUT2D eigenvalue weighted by Crippen LogP contribution is -2.39. The smallest absolute Gasteiger partial charge is 0.306 e. The van der Waals surface area contributed by atoms with E-state index in [0.29, 0.717) is 6.04 Å². The van der Waals surface area contributed by atoms with Gasteiger partial charge in [-0.15, -0.1) is 0 Å². The molecule has 0 saturated carbocycles. The third kappa shape index (κ3) is 2.91. The van der Waals surface area contributed by atoms with E-state index in [2.05, 4.69) is 17.0 Å². The molecule has 1 aromatic carbocycles. The SMILES string of the molecule is COc1ccc2c(c1)C(N1CCC(C(=O)O)CC1)CCC2. The fourth-order valence-electron chi connectivity index (χ4n) is 3.72. The third-order valence-electron chi connectivity index (χ3n) is 4.96. The number of carboxylic acid groups (broad SMARTS) is 1. The molecule has 3 rings (SSSR count). The van der Waals surface area contributed by atoms with E-state index >= 15 is 0 Å². The van der Waals surface area contributed by atoms with Crippen LogP contribution in [0.15, 0.2) is 18.2 Å². The standard InChI is InChI=1S/C17H23NO3/c1-21-14-6-5-12-3-2-4-16(15(12)11-14)18-9-7-13(8-10-18)17(19)20/h5-6,11,13,16H,2-4,7-10H2,1H3,(H,19,20). The molecule has 0 radical (unpaired) electrons. The van der Waals surface area contributed by atoms with E-state index in [1.807, 2.05) is 6.07 Å². The van der Waals surface area contributed by atoms with E-state index in [-0.39, 0.29) is 5.92 Å². The van der Waals surface area contributed by atoms with Gasteiger partial charge >= 0.3 is 5.97 Å². The predicted molar refractivity (Wildman–Crippen MR) is 80.6 cm³/mol. The number of methoxy groups -OCH3 is 1. The Labute approximate surface area is 125 Å². The molecular weight excluding hydrogens is 266 g/mol. The number of hydrogen-bond acceptors (Lipinski definition) is 3. The first-order valence-electron chi connectivity index (χ1n) is 7.82. The first kappa shape index (κ1) is 14.4. The van der Waals surface area contributed by atoms with Crippen LogP contribution in [-0.4, -0.2) is 36.2 Å². The van der Waals surface area contributed by atoms with Gasteiger partial charge in [-0.25, -0.2) is 0 Å². The number of rotatable bonds is 3. The number of fused-ring (bicyclic) bond motifs is 1. The van der Waals surface area contributed by atoms with Gasteiger partial charge in [-0.1, -0.05) is 6.07 Å². The lowest BCUT2D eigenvalue weighted by Gasteiger charge is -2.39. The van der Waals surface area contributed by atoms with Crippen LogP contribution >= 0.6 is 0 Å². The van der Waals surface area contributed by atoms with Gasteiger partial charge in [0, 0.05) is 6.04 Å². The number of ether oxygens (including phenoxy) is 1. The van der Waals surface area contributed by atoms with E-state index < -0.39 is 5.97 Å². The van der Waals surface area contributed by atoms with E-state index in [4.69, 9.17) is 9.84 Å². The number of carboxylic acids is 1. The molecule has 114 valence electrons. The molecular formula is C17H23NO3. The van der Waals surface area contributed by atoms with Crippen molar-refractivity contribution in [3.8, 4) is 5.75 Å². The fraction of sp³-hybridized carbons (Fsp3) is 0.588. The minimum Gasteiger partial charge on any atom is -0.497 e. The molecule has 1 heterocycles. The number of nitrogens with zero attached hydrogens (tertiary/aromatic N) is 1. The Morgan fingerprint density at radius 2 is 2.05 bits per heavy atom. The van der Waals surface area contributed by atoms with Gasteiger partial charge in [-0.05, 0) is 68.5 Å². The van der Waals surface area contributed by atoms with Crippen molar-refractivity contribution in [3.63, 3.8) is 0 Å². The molecule has 4 nitrogen and oxygen atoms in total. The number of hydrogen-bond donors (Lipinski definition) is 1. The summed E-state index contributed by atoms with van der Waals surface area (Å²) in [6, 6.07) is 6.82. The molecule has 1 aliphatic heterocycles. The summed E-state index contributed by atoms with van der Waals surface area (Å²) >= 11 is 0. The molecule has 1 aromatic rings. The summed E-state index contributed by atoms with van der Waals surface area (Å²) in [6.45, 7) is 1.77. The summed E-state index contributed by atoms with van der Waals surface area (Å²) in [4.78, 5) is 13.6. The summed E-state index contributed by atoms with van der Waals surface area (Å²) in [7, 11) is 1.71. The normalized spacial score (nSPS) is 23.6. The van der Waals surface area contributed by atoms with Gasteiger partial charge in [0.05, 0.1) is 13.0 Å². The fourth-order valence-corrected chi connectivity index (χ4v) is 3.72. The highest BCUT2D eigenvalue weighted by Crippen LogP contribution is 2.38. The molecule has 0 amide bonds. The van der Waals surface area contributed by atoms with Gasteiger partial charge in [0.25, 0.3) is 0 Å². The topological polar surface area (TPSA) is 49.8 Å². The highest BCUT2D eigenvalue weighted by Gasteiger charge is 2.31. The van der Waals surface area contributed by atoms with Crippen molar-refractivity contribution in [1.82, 2.24) is 4.90 Å². The zero-order chi connectivity index (χ0) is 14.8. The van der Waals surface area contributed by atoms with E-state index in [0.717, 1.165) is 44.5 Å². The van der Waals surface area contributed by atoms with Crippen LogP contribution < -0.4 is 4.74 Å². The molecule has 1 saturated heterocycles. The van der Waals surface area contributed by atoms with Crippen LogP contribution in [0.5, 0.6) is 5.75 Å². The molecule has 1 N–H and O–H groups in total. The van der Waals surface area contributed by atoms with Crippen molar-refractivity contribution in [3.05, 3.63) is 29.3 Å². The highest BCUT2D eigenvalue weighted by atomic mass is 16.5. The van der Waals surface area contributed by atoms with Crippen molar-refractivity contribution in [2.24, 2.45) is 5.92 Å². The second-order valence-electron chi connectivity index (χ2n) is 6.12. The van der Waals surface area contributed by atoms with E-state index in [9.17, 15) is 4.79 Å². The van der Waals surface area contributed by atoms with Gasteiger partial charge in [-0.2, -0.15) is 0 Å². The lowest BCUT2D eigenvalue weighted by atomic mass is 9.85. The summed E-state index contributed by atoms with van der Waals surface area (Å²) in [5, 5.41) is 9.13. The highest BCUT2D eigenvalue weighted by molar-refractivity contribution is 5.70. The van der Waals surface area contributed by atoms with Crippen molar-refractivity contribution >= 4 is 5.97 Å². The molecule has 1 aliphatic carbocycles. The first-order chi connectivity index (χ1) is 10.2. The lowest BCUT2D eigenvalue weighted by molar-refractivity contribution is -0.143. The van der Waals surface area contributed by atoms with Crippen LogP contribution in [0.4, 0.5) is 0 Å². The van der Waals surface area contributed by atoms with Crippen LogP contribution in [0.1, 0.15) is 42.9 Å². The molecule has 1 unspecified atom stereocenters. The second-order valence-corrected chi connectivity index (χ2v) is 6.12. The van der Waals surface area contributed by atoms with Gasteiger partial charge in [0.1, 0.15) is 5.75 Å². The monoisotopic (exact) mass is 289 g/mol. The molecule has 1 fully saturated rings. The maximum absolute atomic E-state index is 11.1. The Balaban J connectivity index is 1.77. The molecule has 0 spiro atoms. The average Bonchev–Trinajstić information content (AvgIpc) is 2.54. The van der Waals surface area contributed by atoms with Gasteiger partial charge in [-0.3, -0.25) is 9.69 Å². The van der Waals surface area contributed by atoms with Crippen LogP contribution in [0.25, 0.3) is 0 Å². The van der Waals surface area contributed by atoms with Gasteiger partial charge < -0.3 is 9.84 Å². The molecule has 0 bridgehead atoms. The quantitative estimate of drug-likeness (QED) is 0.929. The Bertz CT molecular complexity index is 521. The van der Waals surface area contributed by atoms with Gasteiger partial charge in [0.15, 0.2) is 0 Å². The Hall–Kier alpha value is -1.55. The summed E-state index contributed by atoms with van der Waals surface area (Å²) in [5.74, 6) is 0.121. The van der Waals surface area contributed by atoms with Crippen molar-refractivity contribution in [2.45, 2.75) is 38.1 Å². The maximum atomic E-state index is 11.1. The minimum atomic E-state index is -0.639. The number of aliphatic carboxylic acids is 1. The Morgan fingerprint density at radius 3 is 2.71 bits per heavy atom. The average molecular weight is 289 g/mol. The van der Waals surface area contributed by atoms with Crippen LogP contribution in [-0.2, 0) is 11.2 Å².